The molecule has 0 saturated carbocycles. The summed E-state index contributed by atoms with van der Waals surface area (Å²) in [5.41, 5.74) is 1.85. The lowest BCUT2D eigenvalue weighted by atomic mass is 10.0. The van der Waals surface area contributed by atoms with Crippen LogP contribution in [0.5, 0.6) is 11.5 Å². The third kappa shape index (κ3) is 3.28. The van der Waals surface area contributed by atoms with Gasteiger partial charge in [0.1, 0.15) is 11.5 Å². The molecule has 0 aliphatic rings. The highest BCUT2D eigenvalue weighted by Gasteiger charge is 2.19. The average Bonchev–Trinajstić information content (AvgIpc) is 2.47. The largest absolute Gasteiger partial charge is 0.496 e. The first-order valence-corrected chi connectivity index (χ1v) is 7.59. The van der Waals surface area contributed by atoms with Crippen molar-refractivity contribution in [3.05, 3.63) is 58.1 Å². The zero-order chi connectivity index (χ0) is 14.5. The highest BCUT2D eigenvalue weighted by Crippen LogP contribution is 2.40. The second kappa shape index (κ2) is 7.00. The van der Waals surface area contributed by atoms with Gasteiger partial charge in [0.2, 0.25) is 0 Å². The van der Waals surface area contributed by atoms with Crippen LogP contribution in [0.25, 0.3) is 0 Å². The molecular weight excluding hydrogens is 340 g/mol. The van der Waals surface area contributed by atoms with Crippen LogP contribution in [0.3, 0.4) is 0 Å². The highest BCUT2D eigenvalue weighted by molar-refractivity contribution is 9.10. The van der Waals surface area contributed by atoms with Crippen molar-refractivity contribution in [1.82, 2.24) is 0 Å². The van der Waals surface area contributed by atoms with E-state index in [0.717, 1.165) is 27.1 Å². The third-order valence-corrected chi connectivity index (χ3v) is 3.92. The van der Waals surface area contributed by atoms with Crippen LogP contribution in [0.2, 0.25) is 0 Å². The van der Waals surface area contributed by atoms with E-state index in [0.29, 0.717) is 6.61 Å². The van der Waals surface area contributed by atoms with Crippen molar-refractivity contribution in [2.75, 3.05) is 13.7 Å². The SMILES string of the molecule is CCOc1ccccc1C(Cl)c1cc(Br)ccc1OC. The van der Waals surface area contributed by atoms with Crippen LogP contribution in [0.4, 0.5) is 0 Å². The van der Waals surface area contributed by atoms with Gasteiger partial charge in [0.05, 0.1) is 19.1 Å². The van der Waals surface area contributed by atoms with Gasteiger partial charge < -0.3 is 9.47 Å². The van der Waals surface area contributed by atoms with E-state index in [1.807, 2.05) is 49.4 Å². The van der Waals surface area contributed by atoms with Crippen LogP contribution in [0, 0.1) is 0 Å². The van der Waals surface area contributed by atoms with Gasteiger partial charge in [-0.15, -0.1) is 11.6 Å². The predicted molar refractivity (Wildman–Crippen MR) is 86.0 cm³/mol. The van der Waals surface area contributed by atoms with E-state index < -0.39 is 0 Å². The molecule has 0 amide bonds. The Morgan fingerprint density at radius 1 is 1.10 bits per heavy atom. The van der Waals surface area contributed by atoms with Crippen molar-refractivity contribution in [3.8, 4) is 11.5 Å². The van der Waals surface area contributed by atoms with Gasteiger partial charge in [0.25, 0.3) is 0 Å². The summed E-state index contributed by atoms with van der Waals surface area (Å²) in [7, 11) is 1.64. The molecule has 2 rings (SSSR count). The van der Waals surface area contributed by atoms with Gasteiger partial charge in [0, 0.05) is 15.6 Å². The molecule has 0 spiro atoms. The van der Waals surface area contributed by atoms with E-state index >= 15 is 0 Å². The number of hydrogen-bond acceptors (Lipinski definition) is 2. The lowest BCUT2D eigenvalue weighted by Gasteiger charge is -2.17. The van der Waals surface area contributed by atoms with Crippen LogP contribution >= 0.6 is 27.5 Å². The molecule has 0 radical (unpaired) electrons. The van der Waals surface area contributed by atoms with Crippen LogP contribution in [-0.2, 0) is 0 Å². The lowest BCUT2D eigenvalue weighted by Crippen LogP contribution is -2.02. The van der Waals surface area contributed by atoms with Gasteiger partial charge in [-0.2, -0.15) is 0 Å². The maximum atomic E-state index is 6.65. The Balaban J connectivity index is 2.45. The molecule has 0 N–H and O–H groups in total. The van der Waals surface area contributed by atoms with E-state index in [-0.39, 0.29) is 5.38 Å². The highest BCUT2D eigenvalue weighted by atomic mass is 79.9. The molecule has 0 heterocycles. The van der Waals surface area contributed by atoms with Gasteiger partial charge in [0.15, 0.2) is 0 Å². The fraction of sp³-hybridized carbons (Fsp3) is 0.250. The summed E-state index contributed by atoms with van der Waals surface area (Å²) in [5, 5.41) is -0.329. The van der Waals surface area contributed by atoms with Crippen LogP contribution in [0.15, 0.2) is 46.9 Å². The number of para-hydroxylation sites is 1. The van der Waals surface area contributed by atoms with E-state index in [9.17, 15) is 0 Å². The standard InChI is InChI=1S/C16H16BrClO2/c1-3-20-15-7-5-4-6-12(15)16(18)13-10-11(17)8-9-14(13)19-2/h4-10,16H,3H2,1-2H3. The summed E-state index contributed by atoms with van der Waals surface area (Å²) in [4.78, 5) is 0. The van der Waals surface area contributed by atoms with Crippen LogP contribution in [-0.4, -0.2) is 13.7 Å². The van der Waals surface area contributed by atoms with E-state index in [4.69, 9.17) is 21.1 Å². The second-order valence-electron chi connectivity index (χ2n) is 4.22. The number of rotatable bonds is 5. The fourth-order valence-corrected chi connectivity index (χ4v) is 2.78. The Bertz CT molecular complexity index is 586. The summed E-state index contributed by atoms with van der Waals surface area (Å²) >= 11 is 10.1. The Hall–Kier alpha value is -1.19. The number of alkyl halides is 1. The molecule has 0 aromatic heterocycles. The summed E-state index contributed by atoms with van der Waals surface area (Å²) in [5.74, 6) is 1.57. The molecule has 0 fully saturated rings. The molecule has 2 aromatic carbocycles. The number of hydrogen-bond donors (Lipinski definition) is 0. The van der Waals surface area contributed by atoms with Crippen molar-refractivity contribution in [1.29, 1.82) is 0 Å². The quantitative estimate of drug-likeness (QED) is 0.688. The number of ether oxygens (including phenoxy) is 2. The average molecular weight is 356 g/mol. The van der Waals surface area contributed by atoms with E-state index in [1.54, 1.807) is 7.11 Å². The maximum absolute atomic E-state index is 6.65. The maximum Gasteiger partial charge on any atom is 0.124 e. The zero-order valence-corrected chi connectivity index (χ0v) is 13.7. The van der Waals surface area contributed by atoms with E-state index in [1.165, 1.54) is 0 Å². The smallest absolute Gasteiger partial charge is 0.124 e. The Morgan fingerprint density at radius 2 is 1.85 bits per heavy atom. The molecule has 20 heavy (non-hydrogen) atoms. The summed E-state index contributed by atoms with van der Waals surface area (Å²) in [6.07, 6.45) is 0. The molecule has 0 saturated heterocycles. The topological polar surface area (TPSA) is 18.5 Å². The molecule has 106 valence electrons. The van der Waals surface area contributed by atoms with Crippen molar-refractivity contribution < 1.29 is 9.47 Å². The molecule has 4 heteroatoms. The first-order chi connectivity index (χ1) is 9.67. The third-order valence-electron chi connectivity index (χ3n) is 2.96. The first kappa shape index (κ1) is 15.2. The second-order valence-corrected chi connectivity index (χ2v) is 5.57. The van der Waals surface area contributed by atoms with Gasteiger partial charge in [-0.1, -0.05) is 34.1 Å². The van der Waals surface area contributed by atoms with Crippen molar-refractivity contribution in [2.24, 2.45) is 0 Å². The number of benzene rings is 2. The van der Waals surface area contributed by atoms with E-state index in [2.05, 4.69) is 15.9 Å². The Morgan fingerprint density at radius 3 is 2.55 bits per heavy atom. The summed E-state index contributed by atoms with van der Waals surface area (Å²) in [6.45, 7) is 2.57. The first-order valence-electron chi connectivity index (χ1n) is 6.36. The van der Waals surface area contributed by atoms with Gasteiger partial charge >= 0.3 is 0 Å². The Kier molecular flexibility index (Phi) is 5.32. The molecule has 0 bridgehead atoms. The number of halogens is 2. The molecule has 2 nitrogen and oxygen atoms in total. The number of methoxy groups -OCH3 is 1. The molecule has 0 aliphatic heterocycles. The molecular formula is C16H16BrClO2. The molecule has 1 unspecified atom stereocenters. The fourth-order valence-electron chi connectivity index (χ4n) is 2.05. The van der Waals surface area contributed by atoms with Gasteiger partial charge in [-0.05, 0) is 31.2 Å². The molecule has 1 atom stereocenters. The predicted octanol–water partition coefficient (Wildman–Crippen LogP) is 5.18. The molecule has 0 aliphatic carbocycles. The minimum absolute atomic E-state index is 0.329. The molecule has 2 aromatic rings. The summed E-state index contributed by atoms with van der Waals surface area (Å²) < 4.78 is 12.0. The van der Waals surface area contributed by atoms with Crippen molar-refractivity contribution >= 4 is 27.5 Å². The van der Waals surface area contributed by atoms with Gasteiger partial charge in [-0.25, -0.2) is 0 Å². The normalized spacial score (nSPS) is 12.0. The van der Waals surface area contributed by atoms with Crippen LogP contribution < -0.4 is 9.47 Å². The van der Waals surface area contributed by atoms with Crippen molar-refractivity contribution in [2.45, 2.75) is 12.3 Å². The monoisotopic (exact) mass is 354 g/mol. The Labute approximate surface area is 132 Å². The summed E-state index contributed by atoms with van der Waals surface area (Å²) in [6, 6.07) is 13.6. The van der Waals surface area contributed by atoms with Crippen LogP contribution in [0.1, 0.15) is 23.4 Å². The zero-order valence-electron chi connectivity index (χ0n) is 11.4. The van der Waals surface area contributed by atoms with Crippen molar-refractivity contribution in [3.63, 3.8) is 0 Å². The minimum Gasteiger partial charge on any atom is -0.496 e. The lowest BCUT2D eigenvalue weighted by molar-refractivity contribution is 0.336. The van der Waals surface area contributed by atoms with Gasteiger partial charge in [-0.3, -0.25) is 0 Å². The minimum atomic E-state index is -0.329.